The number of ether oxygens (including phenoxy) is 1. The molecule has 0 saturated heterocycles. The SMILES string of the molecule is C[C@H]1CN(C(=O)Nc2ccccc2Cl)c2ccccc2O1. The molecule has 0 bridgehead atoms. The topological polar surface area (TPSA) is 41.6 Å². The monoisotopic (exact) mass is 302 g/mol. The van der Waals surface area contributed by atoms with Gasteiger partial charge in [0.2, 0.25) is 0 Å². The van der Waals surface area contributed by atoms with Gasteiger partial charge >= 0.3 is 6.03 Å². The Balaban J connectivity index is 1.87. The smallest absolute Gasteiger partial charge is 0.326 e. The minimum absolute atomic E-state index is 0.0584. The Morgan fingerprint density at radius 1 is 1.24 bits per heavy atom. The number of carbonyl (C=O) groups excluding carboxylic acids is 1. The molecule has 1 atom stereocenters. The summed E-state index contributed by atoms with van der Waals surface area (Å²) in [6.45, 7) is 2.43. The van der Waals surface area contributed by atoms with E-state index < -0.39 is 0 Å². The van der Waals surface area contributed by atoms with Crippen LogP contribution >= 0.6 is 11.6 Å². The van der Waals surface area contributed by atoms with Crippen LogP contribution in [0.25, 0.3) is 0 Å². The van der Waals surface area contributed by atoms with Crippen molar-refractivity contribution in [2.45, 2.75) is 13.0 Å². The molecule has 0 fully saturated rings. The molecule has 2 aromatic carbocycles. The highest BCUT2D eigenvalue weighted by atomic mass is 35.5. The summed E-state index contributed by atoms with van der Waals surface area (Å²) in [7, 11) is 0. The quantitative estimate of drug-likeness (QED) is 0.859. The molecule has 1 aliphatic rings. The van der Waals surface area contributed by atoms with Gasteiger partial charge in [-0.2, -0.15) is 0 Å². The van der Waals surface area contributed by atoms with Gasteiger partial charge in [-0.1, -0.05) is 35.9 Å². The Bertz CT molecular complexity index is 675. The molecule has 108 valence electrons. The number of nitrogens with zero attached hydrogens (tertiary/aromatic N) is 1. The van der Waals surface area contributed by atoms with Gasteiger partial charge in [-0.15, -0.1) is 0 Å². The maximum atomic E-state index is 12.5. The zero-order chi connectivity index (χ0) is 14.8. The van der Waals surface area contributed by atoms with E-state index in [1.165, 1.54) is 0 Å². The van der Waals surface area contributed by atoms with Crippen LogP contribution < -0.4 is 15.0 Å². The summed E-state index contributed by atoms with van der Waals surface area (Å²) >= 11 is 6.08. The van der Waals surface area contributed by atoms with Gasteiger partial charge in [0.15, 0.2) is 0 Å². The number of fused-ring (bicyclic) bond motifs is 1. The van der Waals surface area contributed by atoms with Gasteiger partial charge in [-0.25, -0.2) is 4.79 Å². The standard InChI is InChI=1S/C16H15ClN2O2/c1-11-10-19(14-8-4-5-9-15(14)21-11)16(20)18-13-7-3-2-6-12(13)17/h2-9,11H,10H2,1H3,(H,18,20)/t11-/m0/s1. The largest absolute Gasteiger partial charge is 0.487 e. The van der Waals surface area contributed by atoms with E-state index in [4.69, 9.17) is 16.3 Å². The van der Waals surface area contributed by atoms with Crippen LogP contribution in [0.5, 0.6) is 5.75 Å². The van der Waals surface area contributed by atoms with Gasteiger partial charge in [-0.05, 0) is 31.2 Å². The molecule has 0 spiro atoms. The van der Waals surface area contributed by atoms with Crippen molar-refractivity contribution in [3.8, 4) is 5.75 Å². The van der Waals surface area contributed by atoms with Crippen LogP contribution in [0.2, 0.25) is 5.02 Å². The molecule has 1 aliphatic heterocycles. The van der Waals surface area contributed by atoms with Crippen molar-refractivity contribution in [3.63, 3.8) is 0 Å². The number of rotatable bonds is 1. The van der Waals surface area contributed by atoms with Gasteiger partial charge in [0, 0.05) is 0 Å². The van der Waals surface area contributed by atoms with Gasteiger partial charge < -0.3 is 10.1 Å². The minimum atomic E-state index is -0.217. The molecule has 2 aromatic rings. The zero-order valence-corrected chi connectivity index (χ0v) is 12.3. The summed E-state index contributed by atoms with van der Waals surface area (Å²) < 4.78 is 5.74. The molecular formula is C16H15ClN2O2. The summed E-state index contributed by atoms with van der Waals surface area (Å²) in [5.41, 5.74) is 1.36. The van der Waals surface area contributed by atoms with Crippen LogP contribution in [0, 0.1) is 0 Å². The summed E-state index contributed by atoms with van der Waals surface area (Å²) in [4.78, 5) is 14.2. The van der Waals surface area contributed by atoms with Crippen LogP contribution in [0.4, 0.5) is 16.2 Å². The van der Waals surface area contributed by atoms with Crippen LogP contribution in [-0.4, -0.2) is 18.7 Å². The number of nitrogens with one attached hydrogen (secondary N) is 1. The number of halogens is 1. The van der Waals surface area contributed by atoms with E-state index in [0.717, 1.165) is 5.69 Å². The Morgan fingerprint density at radius 2 is 1.95 bits per heavy atom. The first-order chi connectivity index (χ1) is 10.1. The second-order valence-corrected chi connectivity index (χ2v) is 5.32. The van der Waals surface area contributed by atoms with Crippen LogP contribution in [0.15, 0.2) is 48.5 Å². The van der Waals surface area contributed by atoms with Crippen molar-refractivity contribution in [1.82, 2.24) is 0 Å². The van der Waals surface area contributed by atoms with Gasteiger partial charge in [0.25, 0.3) is 0 Å². The van der Waals surface area contributed by atoms with Crippen molar-refractivity contribution in [1.29, 1.82) is 0 Å². The number of anilines is 2. The maximum absolute atomic E-state index is 12.5. The van der Waals surface area contributed by atoms with Crippen molar-refractivity contribution in [3.05, 3.63) is 53.6 Å². The first-order valence-corrected chi connectivity index (χ1v) is 7.11. The van der Waals surface area contributed by atoms with E-state index in [1.807, 2.05) is 43.3 Å². The third-order valence-corrected chi connectivity index (χ3v) is 3.61. The molecular weight excluding hydrogens is 288 g/mol. The highest BCUT2D eigenvalue weighted by Crippen LogP contribution is 2.33. The lowest BCUT2D eigenvalue weighted by atomic mass is 10.2. The van der Waals surface area contributed by atoms with Crippen LogP contribution in [0.1, 0.15) is 6.92 Å². The van der Waals surface area contributed by atoms with Crippen LogP contribution in [-0.2, 0) is 0 Å². The lowest BCUT2D eigenvalue weighted by Crippen LogP contribution is -2.44. The van der Waals surface area contributed by atoms with Gasteiger partial charge in [-0.3, -0.25) is 4.90 Å². The summed E-state index contributed by atoms with van der Waals surface area (Å²) in [5, 5.41) is 3.36. The number of urea groups is 1. The lowest BCUT2D eigenvalue weighted by molar-refractivity contribution is 0.208. The average molecular weight is 303 g/mol. The number of amides is 2. The molecule has 0 radical (unpaired) electrons. The van der Waals surface area contributed by atoms with E-state index in [1.54, 1.807) is 17.0 Å². The second kappa shape index (κ2) is 5.66. The predicted molar refractivity (Wildman–Crippen MR) is 84.3 cm³/mol. The molecule has 1 heterocycles. The minimum Gasteiger partial charge on any atom is -0.487 e. The molecule has 2 amide bonds. The van der Waals surface area contributed by atoms with E-state index in [0.29, 0.717) is 23.0 Å². The number of hydrogen-bond acceptors (Lipinski definition) is 2. The molecule has 0 unspecified atom stereocenters. The summed E-state index contributed by atoms with van der Waals surface area (Å²) in [6.07, 6.45) is -0.0584. The predicted octanol–water partition coefficient (Wildman–Crippen LogP) is 4.16. The molecule has 0 aliphatic carbocycles. The number of para-hydroxylation sites is 3. The fourth-order valence-electron chi connectivity index (χ4n) is 2.33. The maximum Gasteiger partial charge on any atom is 0.326 e. The molecule has 0 aromatic heterocycles. The fraction of sp³-hybridized carbons (Fsp3) is 0.188. The molecule has 4 nitrogen and oxygen atoms in total. The van der Waals surface area contributed by atoms with Gasteiger partial charge in [0.05, 0.1) is 22.9 Å². The van der Waals surface area contributed by atoms with Crippen molar-refractivity contribution >= 4 is 29.0 Å². The molecule has 0 saturated carbocycles. The van der Waals surface area contributed by atoms with E-state index >= 15 is 0 Å². The van der Waals surface area contributed by atoms with Crippen molar-refractivity contribution in [2.24, 2.45) is 0 Å². The number of hydrogen-bond donors (Lipinski definition) is 1. The Hall–Kier alpha value is -2.20. The first kappa shape index (κ1) is 13.8. The Labute approximate surface area is 128 Å². The Kier molecular flexibility index (Phi) is 3.71. The summed E-state index contributed by atoms with van der Waals surface area (Å²) in [6, 6.07) is 14.5. The molecule has 1 N–H and O–H groups in total. The van der Waals surface area contributed by atoms with E-state index in [-0.39, 0.29) is 12.1 Å². The first-order valence-electron chi connectivity index (χ1n) is 6.74. The molecule has 5 heteroatoms. The summed E-state index contributed by atoms with van der Waals surface area (Å²) in [5.74, 6) is 0.713. The average Bonchev–Trinajstić information content (AvgIpc) is 2.48. The third kappa shape index (κ3) is 2.81. The highest BCUT2D eigenvalue weighted by Gasteiger charge is 2.27. The molecule has 3 rings (SSSR count). The van der Waals surface area contributed by atoms with Gasteiger partial charge in [0.1, 0.15) is 11.9 Å². The van der Waals surface area contributed by atoms with Crippen molar-refractivity contribution in [2.75, 3.05) is 16.8 Å². The number of carbonyl (C=O) groups is 1. The van der Waals surface area contributed by atoms with E-state index in [2.05, 4.69) is 5.32 Å². The molecule has 21 heavy (non-hydrogen) atoms. The fourth-order valence-corrected chi connectivity index (χ4v) is 2.51. The third-order valence-electron chi connectivity index (χ3n) is 3.28. The van der Waals surface area contributed by atoms with Crippen LogP contribution in [0.3, 0.4) is 0 Å². The lowest BCUT2D eigenvalue weighted by Gasteiger charge is -2.33. The number of benzene rings is 2. The zero-order valence-electron chi connectivity index (χ0n) is 11.5. The normalized spacial score (nSPS) is 16.9. The van der Waals surface area contributed by atoms with Crippen molar-refractivity contribution < 1.29 is 9.53 Å². The Morgan fingerprint density at radius 3 is 2.76 bits per heavy atom. The highest BCUT2D eigenvalue weighted by molar-refractivity contribution is 6.33. The second-order valence-electron chi connectivity index (χ2n) is 4.92. The van der Waals surface area contributed by atoms with E-state index in [9.17, 15) is 4.79 Å².